The van der Waals surface area contributed by atoms with Gasteiger partial charge in [0.1, 0.15) is 0 Å². The molecule has 92 valence electrons. The van der Waals surface area contributed by atoms with E-state index in [9.17, 15) is 4.79 Å². The van der Waals surface area contributed by atoms with Gasteiger partial charge in [-0.15, -0.1) is 0 Å². The van der Waals surface area contributed by atoms with Crippen molar-refractivity contribution in [2.45, 2.75) is 47.0 Å². The first kappa shape index (κ1) is 14.9. The third-order valence-electron chi connectivity index (χ3n) is 2.45. The first-order chi connectivity index (χ1) is 7.45. The molecule has 0 aliphatic rings. The summed E-state index contributed by atoms with van der Waals surface area (Å²) in [7, 11) is 1.41. The Morgan fingerprint density at radius 1 is 1.31 bits per heavy atom. The molecule has 1 unspecified atom stereocenters. The molecule has 0 bridgehead atoms. The molecule has 2 nitrogen and oxygen atoms in total. The highest BCUT2D eigenvalue weighted by Gasteiger charge is 2.04. The summed E-state index contributed by atoms with van der Waals surface area (Å²) in [6.45, 7) is 8.43. The lowest BCUT2D eigenvalue weighted by atomic mass is 9.96. The van der Waals surface area contributed by atoms with Gasteiger partial charge in [-0.25, -0.2) is 4.79 Å². The highest BCUT2D eigenvalue weighted by Crippen LogP contribution is 2.17. The van der Waals surface area contributed by atoms with Gasteiger partial charge in [-0.2, -0.15) is 0 Å². The molecule has 0 aliphatic carbocycles. The Balaban J connectivity index is 3.95. The van der Waals surface area contributed by atoms with Crippen LogP contribution in [0.15, 0.2) is 23.3 Å². The topological polar surface area (TPSA) is 26.3 Å². The van der Waals surface area contributed by atoms with Crippen molar-refractivity contribution < 1.29 is 9.53 Å². The van der Waals surface area contributed by atoms with Crippen molar-refractivity contribution in [3.8, 4) is 0 Å². The summed E-state index contributed by atoms with van der Waals surface area (Å²) in [4.78, 5) is 11.0. The van der Waals surface area contributed by atoms with E-state index in [4.69, 9.17) is 0 Å². The minimum Gasteiger partial charge on any atom is -0.466 e. The van der Waals surface area contributed by atoms with E-state index in [2.05, 4.69) is 31.6 Å². The van der Waals surface area contributed by atoms with E-state index < -0.39 is 0 Å². The van der Waals surface area contributed by atoms with Gasteiger partial charge in [0.05, 0.1) is 7.11 Å². The Morgan fingerprint density at radius 3 is 2.44 bits per heavy atom. The Bertz CT molecular complexity index is 270. The minimum absolute atomic E-state index is 0.256. The van der Waals surface area contributed by atoms with Crippen molar-refractivity contribution in [1.29, 1.82) is 0 Å². The molecule has 0 saturated heterocycles. The van der Waals surface area contributed by atoms with Gasteiger partial charge in [0.25, 0.3) is 0 Å². The predicted molar refractivity (Wildman–Crippen MR) is 68.2 cm³/mol. The van der Waals surface area contributed by atoms with E-state index in [1.54, 1.807) is 6.08 Å². The third kappa shape index (κ3) is 8.27. The summed E-state index contributed by atoms with van der Waals surface area (Å²) in [6, 6.07) is 0. The van der Waals surface area contributed by atoms with Crippen LogP contribution in [0.2, 0.25) is 0 Å². The molecule has 0 aromatic heterocycles. The number of carbonyl (C=O) groups is 1. The van der Waals surface area contributed by atoms with Gasteiger partial charge in [-0.05, 0) is 46.0 Å². The van der Waals surface area contributed by atoms with E-state index in [0.717, 1.165) is 24.8 Å². The van der Waals surface area contributed by atoms with Crippen LogP contribution in [-0.4, -0.2) is 13.1 Å². The zero-order chi connectivity index (χ0) is 12.6. The molecule has 0 spiro atoms. The fraction of sp³-hybridized carbons (Fsp3) is 0.643. The normalized spacial score (nSPS) is 13.2. The van der Waals surface area contributed by atoms with Crippen LogP contribution in [0.3, 0.4) is 0 Å². The lowest BCUT2D eigenvalue weighted by molar-refractivity contribution is -0.134. The predicted octanol–water partition coefficient (Wildman–Crippen LogP) is 3.88. The van der Waals surface area contributed by atoms with Crippen molar-refractivity contribution in [2.24, 2.45) is 5.92 Å². The van der Waals surface area contributed by atoms with Gasteiger partial charge < -0.3 is 4.74 Å². The zero-order valence-electron chi connectivity index (χ0n) is 11.2. The number of allylic oxidation sites excluding steroid dienone is 3. The van der Waals surface area contributed by atoms with Gasteiger partial charge in [-0.1, -0.05) is 24.1 Å². The van der Waals surface area contributed by atoms with Crippen molar-refractivity contribution in [1.82, 2.24) is 0 Å². The molecule has 0 heterocycles. The lowest BCUT2D eigenvalue weighted by Crippen LogP contribution is -1.99. The molecule has 0 radical (unpaired) electrons. The molecule has 0 fully saturated rings. The summed E-state index contributed by atoms with van der Waals surface area (Å²) in [5, 5.41) is 0. The molecule has 0 aliphatic heterocycles. The van der Waals surface area contributed by atoms with E-state index in [0.29, 0.717) is 5.92 Å². The maximum absolute atomic E-state index is 11.0. The van der Waals surface area contributed by atoms with Crippen LogP contribution in [0, 0.1) is 5.92 Å². The molecule has 2 heteroatoms. The molecule has 0 amide bonds. The van der Waals surface area contributed by atoms with Gasteiger partial charge in [0.2, 0.25) is 0 Å². The van der Waals surface area contributed by atoms with E-state index in [1.165, 1.54) is 12.7 Å². The molecular weight excluding hydrogens is 200 g/mol. The lowest BCUT2D eigenvalue weighted by Gasteiger charge is -2.10. The molecule has 1 atom stereocenters. The Kier molecular flexibility index (Phi) is 7.61. The number of methoxy groups -OCH3 is 1. The van der Waals surface area contributed by atoms with Crippen LogP contribution in [0.25, 0.3) is 0 Å². The number of hydrogen-bond acceptors (Lipinski definition) is 2. The third-order valence-corrected chi connectivity index (χ3v) is 2.45. The second-order valence-corrected chi connectivity index (χ2v) is 4.68. The fourth-order valence-electron chi connectivity index (χ4n) is 1.63. The summed E-state index contributed by atoms with van der Waals surface area (Å²) >= 11 is 0. The second kappa shape index (κ2) is 8.14. The van der Waals surface area contributed by atoms with Crippen LogP contribution in [0.1, 0.15) is 47.0 Å². The maximum Gasteiger partial charge on any atom is 0.330 e. The SMILES string of the molecule is COC(=O)C=C(C)CC(C)CCC=C(C)C. The molecule has 0 aromatic rings. The quantitative estimate of drug-likeness (QED) is 0.389. The minimum atomic E-state index is -0.256. The summed E-state index contributed by atoms with van der Waals surface area (Å²) in [6.07, 6.45) is 7.09. The standard InChI is InChI=1S/C14H24O2/c1-11(2)7-6-8-12(3)9-13(4)10-14(15)16-5/h7,10,12H,6,8-9H2,1-5H3. The first-order valence-corrected chi connectivity index (χ1v) is 5.84. The van der Waals surface area contributed by atoms with Crippen LogP contribution in [-0.2, 0) is 9.53 Å². The smallest absolute Gasteiger partial charge is 0.330 e. The van der Waals surface area contributed by atoms with Crippen LogP contribution >= 0.6 is 0 Å². The number of ether oxygens (including phenoxy) is 1. The van der Waals surface area contributed by atoms with Crippen molar-refractivity contribution in [3.63, 3.8) is 0 Å². The van der Waals surface area contributed by atoms with E-state index in [1.807, 2.05) is 6.92 Å². The van der Waals surface area contributed by atoms with Gasteiger partial charge in [0, 0.05) is 6.08 Å². The fourth-order valence-corrected chi connectivity index (χ4v) is 1.63. The number of esters is 1. The van der Waals surface area contributed by atoms with Gasteiger partial charge in [0.15, 0.2) is 0 Å². The monoisotopic (exact) mass is 224 g/mol. The average molecular weight is 224 g/mol. The van der Waals surface area contributed by atoms with E-state index >= 15 is 0 Å². The Morgan fingerprint density at radius 2 is 1.94 bits per heavy atom. The van der Waals surface area contributed by atoms with Gasteiger partial charge >= 0.3 is 5.97 Å². The molecule has 0 N–H and O–H groups in total. The molecule has 0 saturated carbocycles. The van der Waals surface area contributed by atoms with Crippen molar-refractivity contribution in [3.05, 3.63) is 23.3 Å². The van der Waals surface area contributed by atoms with Gasteiger partial charge in [-0.3, -0.25) is 0 Å². The highest BCUT2D eigenvalue weighted by atomic mass is 16.5. The van der Waals surface area contributed by atoms with E-state index in [-0.39, 0.29) is 5.97 Å². The molecule has 0 aromatic carbocycles. The zero-order valence-corrected chi connectivity index (χ0v) is 11.2. The number of rotatable bonds is 6. The van der Waals surface area contributed by atoms with Crippen molar-refractivity contribution >= 4 is 5.97 Å². The van der Waals surface area contributed by atoms with Crippen molar-refractivity contribution in [2.75, 3.05) is 7.11 Å². The Hall–Kier alpha value is -1.05. The number of carbonyl (C=O) groups excluding carboxylic acids is 1. The highest BCUT2D eigenvalue weighted by molar-refractivity contribution is 5.82. The summed E-state index contributed by atoms with van der Waals surface area (Å²) < 4.78 is 4.59. The average Bonchev–Trinajstić information content (AvgIpc) is 2.16. The first-order valence-electron chi connectivity index (χ1n) is 5.84. The van der Waals surface area contributed by atoms with Crippen LogP contribution < -0.4 is 0 Å². The van der Waals surface area contributed by atoms with Crippen LogP contribution in [0.4, 0.5) is 0 Å². The van der Waals surface area contributed by atoms with Crippen LogP contribution in [0.5, 0.6) is 0 Å². The molecular formula is C14H24O2. The molecule has 16 heavy (non-hydrogen) atoms. The summed E-state index contributed by atoms with van der Waals surface area (Å²) in [5.74, 6) is 0.352. The summed E-state index contributed by atoms with van der Waals surface area (Å²) in [5.41, 5.74) is 2.46. The Labute approximate surface area is 99.4 Å². The number of hydrogen-bond donors (Lipinski definition) is 0. The largest absolute Gasteiger partial charge is 0.466 e. The molecule has 0 rings (SSSR count). The second-order valence-electron chi connectivity index (χ2n) is 4.68. The maximum atomic E-state index is 11.0.